The van der Waals surface area contributed by atoms with E-state index in [-0.39, 0.29) is 5.54 Å². The summed E-state index contributed by atoms with van der Waals surface area (Å²) in [5.41, 5.74) is 2.24. The van der Waals surface area contributed by atoms with Crippen LogP contribution in [0.4, 0.5) is 0 Å². The molecule has 1 heterocycles. The van der Waals surface area contributed by atoms with Gasteiger partial charge in [0.25, 0.3) is 0 Å². The molecule has 1 aromatic carbocycles. The van der Waals surface area contributed by atoms with Gasteiger partial charge in [0.15, 0.2) is 0 Å². The van der Waals surface area contributed by atoms with Gasteiger partial charge in [-0.2, -0.15) is 5.26 Å². The van der Waals surface area contributed by atoms with Crippen LogP contribution in [-0.4, -0.2) is 23.5 Å². The van der Waals surface area contributed by atoms with Crippen molar-refractivity contribution in [3.8, 4) is 6.07 Å². The first-order chi connectivity index (χ1) is 10.3. The Kier molecular flexibility index (Phi) is 4.22. The average Bonchev–Trinajstić information content (AvgIpc) is 2.57. The number of rotatable bonds is 3. The maximum atomic E-state index is 9.08. The van der Waals surface area contributed by atoms with Gasteiger partial charge in [0.1, 0.15) is 0 Å². The lowest BCUT2D eigenvalue weighted by atomic mass is 9.80. The number of allylic oxidation sites excluding steroid dienone is 2. The summed E-state index contributed by atoms with van der Waals surface area (Å²) in [6, 6.07) is 13.0. The fourth-order valence-corrected chi connectivity index (χ4v) is 3.52. The molecule has 2 heteroatoms. The van der Waals surface area contributed by atoms with Crippen LogP contribution in [0.3, 0.4) is 0 Å². The van der Waals surface area contributed by atoms with E-state index >= 15 is 0 Å². The van der Waals surface area contributed by atoms with Crippen LogP contribution in [0.5, 0.6) is 0 Å². The summed E-state index contributed by atoms with van der Waals surface area (Å²) in [6.45, 7) is 2.35. The van der Waals surface area contributed by atoms with Crippen LogP contribution in [0.15, 0.2) is 54.1 Å². The van der Waals surface area contributed by atoms with Crippen molar-refractivity contribution >= 4 is 0 Å². The molecule has 0 saturated carbocycles. The first kappa shape index (κ1) is 14.1. The third-order valence-electron chi connectivity index (χ3n) is 4.72. The molecule has 3 rings (SSSR count). The zero-order valence-electron chi connectivity index (χ0n) is 12.5. The number of benzene rings is 1. The normalized spacial score (nSPS) is 26.1. The molecule has 1 aliphatic carbocycles. The van der Waals surface area contributed by atoms with Crippen LogP contribution >= 0.6 is 0 Å². The molecular weight excluding hydrogens is 256 g/mol. The van der Waals surface area contributed by atoms with E-state index in [9.17, 15) is 0 Å². The number of likely N-dealkylation sites (tertiary alicyclic amines) is 1. The van der Waals surface area contributed by atoms with Crippen molar-refractivity contribution in [1.29, 1.82) is 5.26 Å². The van der Waals surface area contributed by atoms with E-state index in [0.717, 1.165) is 18.4 Å². The second kappa shape index (κ2) is 6.28. The van der Waals surface area contributed by atoms with Gasteiger partial charge in [-0.3, -0.25) is 4.90 Å². The minimum atomic E-state index is 0.0577. The second-order valence-corrected chi connectivity index (χ2v) is 6.12. The van der Waals surface area contributed by atoms with E-state index in [1.807, 2.05) is 6.08 Å². The van der Waals surface area contributed by atoms with E-state index < -0.39 is 0 Å². The van der Waals surface area contributed by atoms with Gasteiger partial charge in [-0.05, 0) is 50.4 Å². The minimum absolute atomic E-state index is 0.0577. The van der Waals surface area contributed by atoms with E-state index in [2.05, 4.69) is 53.5 Å². The number of nitrogens with zero attached hydrogens (tertiary/aromatic N) is 2. The van der Waals surface area contributed by atoms with E-state index in [0.29, 0.717) is 0 Å². The molecule has 0 amide bonds. The third-order valence-corrected chi connectivity index (χ3v) is 4.72. The van der Waals surface area contributed by atoms with Crippen LogP contribution < -0.4 is 0 Å². The van der Waals surface area contributed by atoms with Crippen LogP contribution in [0.1, 0.15) is 31.2 Å². The van der Waals surface area contributed by atoms with Gasteiger partial charge in [-0.1, -0.05) is 48.9 Å². The van der Waals surface area contributed by atoms with Gasteiger partial charge >= 0.3 is 0 Å². The highest BCUT2D eigenvalue weighted by atomic mass is 15.2. The van der Waals surface area contributed by atoms with Crippen molar-refractivity contribution < 1.29 is 0 Å². The Morgan fingerprint density at radius 3 is 2.48 bits per heavy atom. The summed E-state index contributed by atoms with van der Waals surface area (Å²) in [5, 5.41) is 9.08. The van der Waals surface area contributed by atoms with Crippen molar-refractivity contribution in [3.05, 3.63) is 59.7 Å². The summed E-state index contributed by atoms with van der Waals surface area (Å²) in [7, 11) is 0. The highest BCUT2D eigenvalue weighted by molar-refractivity contribution is 5.40. The van der Waals surface area contributed by atoms with Gasteiger partial charge < -0.3 is 0 Å². The lowest BCUT2D eigenvalue weighted by Gasteiger charge is -2.45. The summed E-state index contributed by atoms with van der Waals surface area (Å²) in [6.07, 6.45) is 12.3. The fraction of sp³-hybridized carbons (Fsp3) is 0.421. The average molecular weight is 278 g/mol. The van der Waals surface area contributed by atoms with Crippen LogP contribution in [0.25, 0.3) is 0 Å². The lowest BCUT2D eigenvalue weighted by molar-refractivity contribution is 0.104. The number of hydrogen-bond acceptors (Lipinski definition) is 2. The number of hydrogen-bond donors (Lipinski definition) is 0. The highest BCUT2D eigenvalue weighted by Crippen LogP contribution is 2.33. The predicted octanol–water partition coefficient (Wildman–Crippen LogP) is 3.86. The lowest BCUT2D eigenvalue weighted by Crippen LogP contribution is -2.51. The molecule has 0 radical (unpaired) electrons. The van der Waals surface area contributed by atoms with Crippen molar-refractivity contribution in [2.45, 2.75) is 37.6 Å². The maximum Gasteiger partial charge on any atom is 0.0988 e. The van der Waals surface area contributed by atoms with Gasteiger partial charge in [0.05, 0.1) is 6.07 Å². The molecule has 0 N–H and O–H groups in total. The van der Waals surface area contributed by atoms with Crippen molar-refractivity contribution in [2.24, 2.45) is 0 Å². The van der Waals surface area contributed by atoms with Crippen LogP contribution in [0.2, 0.25) is 0 Å². The van der Waals surface area contributed by atoms with Gasteiger partial charge in [0.2, 0.25) is 0 Å². The molecule has 2 aliphatic rings. The Labute approximate surface area is 127 Å². The highest BCUT2D eigenvalue weighted by Gasteiger charge is 2.35. The van der Waals surface area contributed by atoms with Gasteiger partial charge in [-0.25, -0.2) is 0 Å². The zero-order valence-corrected chi connectivity index (χ0v) is 12.5. The monoisotopic (exact) mass is 278 g/mol. The molecule has 1 atom stereocenters. The topological polar surface area (TPSA) is 27.0 Å². The molecule has 0 spiro atoms. The Morgan fingerprint density at radius 2 is 1.86 bits per heavy atom. The fourth-order valence-electron chi connectivity index (χ4n) is 3.52. The predicted molar refractivity (Wildman–Crippen MR) is 85.8 cm³/mol. The molecule has 1 saturated heterocycles. The van der Waals surface area contributed by atoms with Crippen molar-refractivity contribution in [1.82, 2.24) is 4.90 Å². The van der Waals surface area contributed by atoms with Crippen LogP contribution in [-0.2, 0) is 6.42 Å². The Bertz CT molecular complexity index is 573. The third kappa shape index (κ3) is 3.09. The standard InChI is InChI=1S/C19H22N2/c20-16-18-9-11-19(12-10-18,21-13-5-2-6-14-21)15-17-7-3-1-4-8-17/h1,3-4,7-11H,2,5-6,12-15H2. The molecule has 1 aromatic rings. The second-order valence-electron chi connectivity index (χ2n) is 6.12. The summed E-state index contributed by atoms with van der Waals surface area (Å²) in [5.74, 6) is 0. The maximum absolute atomic E-state index is 9.08. The smallest absolute Gasteiger partial charge is 0.0988 e. The number of piperidine rings is 1. The minimum Gasteiger partial charge on any atom is -0.294 e. The SMILES string of the molecule is N#CC1=CCC(Cc2ccccc2)(N2CCCCC2)C=C1. The quantitative estimate of drug-likeness (QED) is 0.839. The molecule has 1 fully saturated rings. The molecule has 1 unspecified atom stereocenters. The molecule has 21 heavy (non-hydrogen) atoms. The van der Waals surface area contributed by atoms with Crippen molar-refractivity contribution in [3.63, 3.8) is 0 Å². The summed E-state index contributed by atoms with van der Waals surface area (Å²) < 4.78 is 0. The Balaban J connectivity index is 1.87. The Morgan fingerprint density at radius 1 is 1.10 bits per heavy atom. The molecule has 2 nitrogen and oxygen atoms in total. The zero-order chi connectivity index (χ0) is 14.5. The van der Waals surface area contributed by atoms with Gasteiger partial charge in [0, 0.05) is 11.1 Å². The largest absolute Gasteiger partial charge is 0.294 e. The Hall–Kier alpha value is -1.85. The molecule has 0 bridgehead atoms. The molecule has 1 aliphatic heterocycles. The first-order valence-electron chi connectivity index (χ1n) is 7.91. The first-order valence-corrected chi connectivity index (χ1v) is 7.91. The summed E-state index contributed by atoms with van der Waals surface area (Å²) in [4.78, 5) is 2.63. The molecule has 0 aromatic heterocycles. The van der Waals surface area contributed by atoms with E-state index in [1.165, 1.54) is 37.9 Å². The van der Waals surface area contributed by atoms with Crippen molar-refractivity contribution in [2.75, 3.05) is 13.1 Å². The van der Waals surface area contributed by atoms with E-state index in [1.54, 1.807) is 0 Å². The van der Waals surface area contributed by atoms with E-state index in [4.69, 9.17) is 5.26 Å². The van der Waals surface area contributed by atoms with Crippen LogP contribution in [0, 0.1) is 11.3 Å². The molecular formula is C19H22N2. The molecule has 108 valence electrons. The van der Waals surface area contributed by atoms with Gasteiger partial charge in [-0.15, -0.1) is 0 Å². The summed E-state index contributed by atoms with van der Waals surface area (Å²) >= 11 is 0. The number of nitriles is 1.